The van der Waals surface area contributed by atoms with E-state index in [1.54, 1.807) is 0 Å². The van der Waals surface area contributed by atoms with Gasteiger partial charge in [-0.05, 0) is 73.1 Å². The van der Waals surface area contributed by atoms with E-state index >= 15 is 0 Å². The number of hydrogen-bond donors (Lipinski definition) is 3. The van der Waals surface area contributed by atoms with Gasteiger partial charge >= 0.3 is 0 Å². The predicted octanol–water partition coefficient (Wildman–Crippen LogP) is 4.07. The summed E-state index contributed by atoms with van der Waals surface area (Å²) in [7, 11) is 4.13. The highest BCUT2D eigenvalue weighted by Crippen LogP contribution is 2.36. The largest absolute Gasteiger partial charge is 0.508 e. The van der Waals surface area contributed by atoms with Gasteiger partial charge in [-0.15, -0.1) is 0 Å². The average molecular weight is 469 g/mol. The Morgan fingerprint density at radius 1 is 1.00 bits per heavy atom. The van der Waals surface area contributed by atoms with Gasteiger partial charge in [0, 0.05) is 43.6 Å². The summed E-state index contributed by atoms with van der Waals surface area (Å²) in [6, 6.07) is 19.3. The van der Waals surface area contributed by atoms with Gasteiger partial charge in [-0.3, -0.25) is 0 Å². The molecule has 7 nitrogen and oxygen atoms in total. The lowest BCUT2D eigenvalue weighted by Gasteiger charge is -2.34. The van der Waals surface area contributed by atoms with Crippen LogP contribution in [0.15, 0.2) is 54.6 Å². The van der Waals surface area contributed by atoms with Crippen LogP contribution in [0.1, 0.15) is 12.8 Å². The highest BCUT2D eigenvalue weighted by molar-refractivity contribution is 6.01. The zero-order valence-electron chi connectivity index (χ0n) is 20.3. The van der Waals surface area contributed by atoms with E-state index in [9.17, 15) is 5.11 Å². The Kier molecular flexibility index (Phi) is 5.66. The Labute approximate surface area is 205 Å². The van der Waals surface area contributed by atoms with Gasteiger partial charge < -0.3 is 25.5 Å². The third kappa shape index (κ3) is 4.37. The minimum atomic E-state index is 0.268. The van der Waals surface area contributed by atoms with Gasteiger partial charge in [0.2, 0.25) is 5.95 Å². The van der Waals surface area contributed by atoms with E-state index in [-0.39, 0.29) is 5.75 Å². The van der Waals surface area contributed by atoms with Crippen LogP contribution < -0.4 is 15.5 Å². The van der Waals surface area contributed by atoms with Gasteiger partial charge in [-0.1, -0.05) is 30.3 Å². The molecule has 0 aliphatic carbocycles. The normalized spacial score (nSPS) is 19.7. The molecule has 0 unspecified atom stereocenters. The van der Waals surface area contributed by atoms with E-state index in [0.717, 1.165) is 64.8 Å². The van der Waals surface area contributed by atoms with Crippen LogP contribution in [0.5, 0.6) is 5.75 Å². The molecule has 2 saturated heterocycles. The topological polar surface area (TPSA) is 76.5 Å². The van der Waals surface area contributed by atoms with Crippen molar-refractivity contribution >= 4 is 33.4 Å². The SMILES string of the molecule is CN(C)CCNc1nc(N2C[C@H]3CC[C@@H](C2)N3)c2ccc(-c3cc(O)cc4ccccc34)cc2n1. The summed E-state index contributed by atoms with van der Waals surface area (Å²) in [5.41, 5.74) is 2.96. The summed E-state index contributed by atoms with van der Waals surface area (Å²) in [4.78, 5) is 14.5. The molecule has 3 heterocycles. The number of aromatic hydroxyl groups is 1. The Morgan fingerprint density at radius 2 is 1.80 bits per heavy atom. The number of nitrogens with one attached hydrogen (secondary N) is 2. The molecule has 2 aliphatic heterocycles. The molecule has 4 aromatic rings. The number of benzene rings is 3. The molecule has 2 aliphatic rings. The van der Waals surface area contributed by atoms with Crippen LogP contribution in [0.3, 0.4) is 0 Å². The van der Waals surface area contributed by atoms with Crippen LogP contribution in [0.4, 0.5) is 11.8 Å². The highest BCUT2D eigenvalue weighted by atomic mass is 16.3. The van der Waals surface area contributed by atoms with E-state index in [0.29, 0.717) is 18.0 Å². The Bertz CT molecular complexity index is 1380. The zero-order chi connectivity index (χ0) is 23.9. The number of phenolic OH excluding ortho intramolecular Hbond substituents is 1. The molecule has 0 radical (unpaired) electrons. The molecule has 3 N–H and O–H groups in total. The number of nitrogens with zero attached hydrogens (tertiary/aromatic N) is 4. The summed E-state index contributed by atoms with van der Waals surface area (Å²) in [6.45, 7) is 3.63. The predicted molar refractivity (Wildman–Crippen MR) is 143 cm³/mol. The number of phenols is 1. The quantitative estimate of drug-likeness (QED) is 0.394. The van der Waals surface area contributed by atoms with Crippen LogP contribution in [0, 0.1) is 0 Å². The molecule has 2 atom stereocenters. The van der Waals surface area contributed by atoms with E-state index in [1.807, 2.05) is 30.3 Å². The van der Waals surface area contributed by atoms with Crippen molar-refractivity contribution in [3.63, 3.8) is 0 Å². The second kappa shape index (κ2) is 8.98. The highest BCUT2D eigenvalue weighted by Gasteiger charge is 2.33. The van der Waals surface area contributed by atoms with Crippen LogP contribution in [-0.2, 0) is 0 Å². The molecule has 180 valence electrons. The van der Waals surface area contributed by atoms with Gasteiger partial charge in [0.05, 0.1) is 5.52 Å². The Morgan fingerprint density at radius 3 is 2.60 bits per heavy atom. The second-order valence-corrected chi connectivity index (χ2v) is 10.1. The van der Waals surface area contributed by atoms with Gasteiger partial charge in [0.1, 0.15) is 11.6 Å². The van der Waals surface area contributed by atoms with Gasteiger partial charge in [-0.2, -0.15) is 4.98 Å². The third-order valence-corrected chi connectivity index (χ3v) is 7.19. The fourth-order valence-corrected chi connectivity index (χ4v) is 5.50. The first-order valence-corrected chi connectivity index (χ1v) is 12.5. The van der Waals surface area contributed by atoms with Crippen molar-refractivity contribution in [1.82, 2.24) is 20.2 Å². The number of anilines is 2. The van der Waals surface area contributed by atoms with Crippen molar-refractivity contribution in [2.75, 3.05) is 50.5 Å². The zero-order valence-corrected chi connectivity index (χ0v) is 20.3. The summed E-state index contributed by atoms with van der Waals surface area (Å²) in [5.74, 6) is 1.94. The summed E-state index contributed by atoms with van der Waals surface area (Å²) in [6.07, 6.45) is 2.46. The van der Waals surface area contributed by atoms with E-state index in [4.69, 9.17) is 9.97 Å². The molecule has 7 heteroatoms. The van der Waals surface area contributed by atoms with Crippen molar-refractivity contribution in [1.29, 1.82) is 0 Å². The summed E-state index contributed by atoms with van der Waals surface area (Å²) >= 11 is 0. The first-order chi connectivity index (χ1) is 17.0. The molecular formula is C28H32N6O. The van der Waals surface area contributed by atoms with Crippen LogP contribution in [0.25, 0.3) is 32.8 Å². The van der Waals surface area contributed by atoms with Gasteiger partial charge in [0.15, 0.2) is 0 Å². The minimum Gasteiger partial charge on any atom is -0.508 e. The molecule has 1 aromatic heterocycles. The lowest BCUT2D eigenvalue weighted by Crippen LogP contribution is -2.51. The number of likely N-dealkylation sites (N-methyl/N-ethyl adjacent to an activating group) is 1. The van der Waals surface area contributed by atoms with Crippen molar-refractivity contribution < 1.29 is 5.11 Å². The van der Waals surface area contributed by atoms with E-state index in [1.165, 1.54) is 12.8 Å². The lowest BCUT2D eigenvalue weighted by atomic mass is 9.97. The van der Waals surface area contributed by atoms with Gasteiger partial charge in [-0.25, -0.2) is 4.98 Å². The van der Waals surface area contributed by atoms with Crippen LogP contribution in [0.2, 0.25) is 0 Å². The van der Waals surface area contributed by atoms with Crippen LogP contribution in [-0.4, -0.2) is 72.3 Å². The standard InChI is InChI=1S/C28H32N6O/c1-33(2)12-11-29-28-31-26-14-19(25-15-22(35)13-18-5-3-4-6-23(18)25)7-10-24(26)27(32-28)34-16-20-8-9-21(17-34)30-20/h3-7,10,13-15,20-21,30,35H,8-9,11-12,16-17H2,1-2H3,(H,29,31,32)/t20-,21+. The Balaban J connectivity index is 1.45. The number of fused-ring (bicyclic) bond motifs is 4. The third-order valence-electron chi connectivity index (χ3n) is 7.19. The molecule has 35 heavy (non-hydrogen) atoms. The molecule has 0 amide bonds. The first-order valence-electron chi connectivity index (χ1n) is 12.5. The Hall–Kier alpha value is -3.42. The number of hydrogen-bond acceptors (Lipinski definition) is 7. The monoisotopic (exact) mass is 468 g/mol. The number of piperazine rings is 1. The molecule has 0 saturated carbocycles. The van der Waals surface area contributed by atoms with Crippen molar-refractivity contribution in [2.24, 2.45) is 0 Å². The second-order valence-electron chi connectivity index (χ2n) is 10.1. The van der Waals surface area contributed by atoms with E-state index < -0.39 is 0 Å². The summed E-state index contributed by atoms with van der Waals surface area (Å²) < 4.78 is 0. The summed E-state index contributed by atoms with van der Waals surface area (Å²) in [5, 5.41) is 20.8. The molecule has 0 spiro atoms. The molecule has 6 rings (SSSR count). The molecule has 2 fully saturated rings. The fraction of sp³-hybridized carbons (Fsp3) is 0.357. The maximum Gasteiger partial charge on any atom is 0.225 e. The molecular weight excluding hydrogens is 436 g/mol. The minimum absolute atomic E-state index is 0.268. The van der Waals surface area contributed by atoms with Crippen molar-refractivity contribution in [3.05, 3.63) is 54.6 Å². The van der Waals surface area contributed by atoms with Crippen molar-refractivity contribution in [2.45, 2.75) is 24.9 Å². The van der Waals surface area contributed by atoms with E-state index in [2.05, 4.69) is 58.8 Å². The lowest BCUT2D eigenvalue weighted by molar-refractivity contribution is 0.425. The maximum atomic E-state index is 10.4. The number of aromatic nitrogens is 2. The van der Waals surface area contributed by atoms with Gasteiger partial charge in [0.25, 0.3) is 0 Å². The average Bonchev–Trinajstić information content (AvgIpc) is 3.19. The number of rotatable bonds is 6. The first kappa shape index (κ1) is 22.1. The molecule has 2 bridgehead atoms. The van der Waals surface area contributed by atoms with Crippen LogP contribution >= 0.6 is 0 Å². The molecule has 3 aromatic carbocycles. The smallest absolute Gasteiger partial charge is 0.225 e. The van der Waals surface area contributed by atoms with Crippen molar-refractivity contribution in [3.8, 4) is 16.9 Å². The fourth-order valence-electron chi connectivity index (χ4n) is 5.50. The maximum absolute atomic E-state index is 10.4.